The molecule has 0 aliphatic carbocycles. The first-order valence-electron chi connectivity index (χ1n) is 8.90. The first kappa shape index (κ1) is 22.2. The van der Waals surface area contributed by atoms with E-state index in [4.69, 9.17) is 16.3 Å². The molecule has 2 aromatic carbocycles. The number of nitrogens with zero attached hydrogens (tertiary/aromatic N) is 2. The van der Waals surface area contributed by atoms with Gasteiger partial charge in [0.25, 0.3) is 5.91 Å². The van der Waals surface area contributed by atoms with Gasteiger partial charge >= 0.3 is 0 Å². The van der Waals surface area contributed by atoms with Gasteiger partial charge in [0.2, 0.25) is 10.9 Å². The van der Waals surface area contributed by atoms with Crippen LogP contribution in [-0.2, 0) is 22.7 Å². The van der Waals surface area contributed by atoms with E-state index in [1.165, 1.54) is 4.90 Å². The summed E-state index contributed by atoms with van der Waals surface area (Å²) < 4.78 is 5.38. The molecule has 7 nitrogen and oxygen atoms in total. The minimum absolute atomic E-state index is 0.0952. The summed E-state index contributed by atoms with van der Waals surface area (Å²) in [6.45, 7) is 0.425. The highest BCUT2D eigenvalue weighted by atomic mass is 35.5. The van der Waals surface area contributed by atoms with E-state index in [-0.39, 0.29) is 30.0 Å². The number of hydrogen-bond acceptors (Lipinski definition) is 7. The van der Waals surface area contributed by atoms with Gasteiger partial charge in [-0.25, -0.2) is 0 Å². The van der Waals surface area contributed by atoms with E-state index in [1.807, 2.05) is 30.5 Å². The van der Waals surface area contributed by atoms with Crippen molar-refractivity contribution in [2.45, 2.75) is 18.0 Å². The molecule has 0 spiro atoms. The Morgan fingerprint density at radius 2 is 1.97 bits per heavy atom. The molecule has 0 radical (unpaired) electrons. The Bertz CT molecular complexity index is 1010. The molecule has 2 amide bonds. The van der Waals surface area contributed by atoms with Crippen LogP contribution in [0.1, 0.15) is 20.4 Å². The van der Waals surface area contributed by atoms with Crippen LogP contribution in [0.3, 0.4) is 0 Å². The molecule has 3 rings (SSSR count). The molecule has 0 unspecified atom stereocenters. The molecule has 0 saturated heterocycles. The molecule has 1 aromatic heterocycles. The Morgan fingerprint density at radius 1 is 1.17 bits per heavy atom. The van der Waals surface area contributed by atoms with Crippen LogP contribution < -0.4 is 10.6 Å². The summed E-state index contributed by atoms with van der Waals surface area (Å²) in [5, 5.41) is 14.5. The molecule has 0 fully saturated rings. The lowest BCUT2D eigenvalue weighted by Gasteiger charge is -2.06. The van der Waals surface area contributed by atoms with E-state index >= 15 is 0 Å². The largest absolute Gasteiger partial charge is 0.364 e. The highest BCUT2D eigenvalue weighted by Gasteiger charge is 2.14. The molecule has 0 saturated carbocycles. The van der Waals surface area contributed by atoms with Crippen LogP contribution >= 0.6 is 34.7 Å². The lowest BCUT2D eigenvalue weighted by Crippen LogP contribution is -2.27. The standard InChI is InChI=1S/C20H19ClN4O3S2/c1-29-16-7-5-13(6-8-16)10-22-17(26)11-28-12-18-24-25-20(30-18)19(27)23-15-4-2-3-14(21)9-15/h2-9H,10-12H2,1H3,(H,22,26)(H,23,27). The Balaban J connectivity index is 1.40. The average Bonchev–Trinajstić information content (AvgIpc) is 3.22. The van der Waals surface area contributed by atoms with Crippen LogP contribution in [-0.4, -0.2) is 34.9 Å². The normalized spacial score (nSPS) is 10.6. The van der Waals surface area contributed by atoms with E-state index in [2.05, 4.69) is 20.8 Å². The molecule has 0 bridgehead atoms. The van der Waals surface area contributed by atoms with Gasteiger partial charge < -0.3 is 15.4 Å². The molecule has 2 N–H and O–H groups in total. The van der Waals surface area contributed by atoms with Gasteiger partial charge in [0, 0.05) is 22.2 Å². The third-order valence-corrected chi connectivity index (χ3v) is 5.73. The van der Waals surface area contributed by atoms with Crippen LogP contribution in [0.15, 0.2) is 53.4 Å². The van der Waals surface area contributed by atoms with Gasteiger partial charge in [-0.3, -0.25) is 9.59 Å². The van der Waals surface area contributed by atoms with Gasteiger partial charge in [-0.15, -0.1) is 22.0 Å². The Labute approximate surface area is 187 Å². The van der Waals surface area contributed by atoms with Crippen LogP contribution in [0.5, 0.6) is 0 Å². The number of ether oxygens (including phenoxy) is 1. The number of rotatable bonds is 9. The van der Waals surface area contributed by atoms with E-state index < -0.39 is 0 Å². The van der Waals surface area contributed by atoms with Gasteiger partial charge in [-0.2, -0.15) is 0 Å². The molecule has 3 aromatic rings. The van der Waals surface area contributed by atoms with Crippen molar-refractivity contribution in [3.63, 3.8) is 0 Å². The van der Waals surface area contributed by atoms with Crippen molar-refractivity contribution in [1.82, 2.24) is 15.5 Å². The Morgan fingerprint density at radius 3 is 2.70 bits per heavy atom. The first-order valence-corrected chi connectivity index (χ1v) is 11.3. The molecule has 0 atom stereocenters. The summed E-state index contributed by atoms with van der Waals surface area (Å²) in [4.78, 5) is 25.3. The van der Waals surface area contributed by atoms with E-state index in [0.717, 1.165) is 16.9 Å². The third-order valence-electron chi connectivity index (χ3n) is 3.85. The lowest BCUT2D eigenvalue weighted by atomic mass is 10.2. The highest BCUT2D eigenvalue weighted by Crippen LogP contribution is 2.18. The number of nitrogens with one attached hydrogen (secondary N) is 2. The summed E-state index contributed by atoms with van der Waals surface area (Å²) in [5.41, 5.74) is 1.58. The predicted molar refractivity (Wildman–Crippen MR) is 119 cm³/mol. The lowest BCUT2D eigenvalue weighted by molar-refractivity contribution is -0.126. The maximum atomic E-state index is 12.2. The number of aromatic nitrogens is 2. The number of carbonyl (C=O) groups excluding carboxylic acids is 2. The summed E-state index contributed by atoms with van der Waals surface area (Å²) >= 11 is 8.68. The van der Waals surface area contributed by atoms with Crippen molar-refractivity contribution in [3.8, 4) is 0 Å². The molecular formula is C20H19ClN4O3S2. The molecule has 0 aliphatic heterocycles. The van der Waals surface area contributed by atoms with E-state index in [0.29, 0.717) is 22.3 Å². The zero-order valence-electron chi connectivity index (χ0n) is 16.1. The van der Waals surface area contributed by atoms with Crippen LogP contribution in [0.2, 0.25) is 5.02 Å². The smallest absolute Gasteiger partial charge is 0.286 e. The van der Waals surface area contributed by atoms with Gasteiger partial charge in [0.15, 0.2) is 0 Å². The van der Waals surface area contributed by atoms with Crippen molar-refractivity contribution in [2.75, 3.05) is 18.2 Å². The first-order chi connectivity index (χ1) is 14.5. The number of carbonyl (C=O) groups is 2. The second kappa shape index (κ2) is 11.1. The fourth-order valence-corrected chi connectivity index (χ4v) is 3.65. The third kappa shape index (κ3) is 6.81. The molecule has 156 valence electrons. The number of halogens is 1. The van der Waals surface area contributed by atoms with E-state index in [1.54, 1.807) is 36.0 Å². The number of amides is 2. The predicted octanol–water partition coefficient (Wildman–Crippen LogP) is 4.00. The number of anilines is 1. The summed E-state index contributed by atoms with van der Waals surface area (Å²) in [5.74, 6) is -0.612. The van der Waals surface area contributed by atoms with Gasteiger partial charge in [-0.1, -0.05) is 41.1 Å². The summed E-state index contributed by atoms with van der Waals surface area (Å²) in [6.07, 6.45) is 2.01. The fourth-order valence-electron chi connectivity index (χ4n) is 2.38. The van der Waals surface area contributed by atoms with Gasteiger partial charge in [0.1, 0.15) is 18.2 Å². The van der Waals surface area contributed by atoms with Gasteiger partial charge in [-0.05, 0) is 42.2 Å². The maximum Gasteiger partial charge on any atom is 0.286 e. The van der Waals surface area contributed by atoms with Gasteiger partial charge in [0.05, 0.1) is 0 Å². The number of benzene rings is 2. The van der Waals surface area contributed by atoms with Crippen molar-refractivity contribution in [3.05, 3.63) is 69.1 Å². The quantitative estimate of drug-likeness (QED) is 0.467. The Kier molecular flexibility index (Phi) is 8.21. The molecule has 10 heteroatoms. The van der Waals surface area contributed by atoms with E-state index in [9.17, 15) is 9.59 Å². The molecule has 1 heterocycles. The second-order valence-corrected chi connectivity index (χ2v) is 8.46. The molecular weight excluding hydrogens is 444 g/mol. The van der Waals surface area contributed by atoms with Crippen molar-refractivity contribution >= 4 is 52.2 Å². The maximum absolute atomic E-state index is 12.2. The van der Waals surface area contributed by atoms with Crippen LogP contribution in [0, 0.1) is 0 Å². The van der Waals surface area contributed by atoms with Crippen LogP contribution in [0.25, 0.3) is 0 Å². The zero-order chi connectivity index (χ0) is 21.3. The van der Waals surface area contributed by atoms with Crippen LogP contribution in [0.4, 0.5) is 5.69 Å². The topological polar surface area (TPSA) is 93.2 Å². The summed E-state index contributed by atoms with van der Waals surface area (Å²) in [6, 6.07) is 14.8. The molecule has 0 aliphatic rings. The summed E-state index contributed by atoms with van der Waals surface area (Å²) in [7, 11) is 0. The average molecular weight is 463 g/mol. The zero-order valence-corrected chi connectivity index (χ0v) is 18.4. The minimum atomic E-state index is -0.383. The van der Waals surface area contributed by atoms with Crippen molar-refractivity contribution in [1.29, 1.82) is 0 Å². The second-order valence-electron chi connectivity index (χ2n) is 6.08. The number of hydrogen-bond donors (Lipinski definition) is 2. The highest BCUT2D eigenvalue weighted by molar-refractivity contribution is 7.98. The molecule has 30 heavy (non-hydrogen) atoms. The monoisotopic (exact) mass is 462 g/mol. The fraction of sp³-hybridized carbons (Fsp3) is 0.200. The SMILES string of the molecule is CSc1ccc(CNC(=O)COCc2nnc(C(=O)Nc3cccc(Cl)c3)s2)cc1. The minimum Gasteiger partial charge on any atom is -0.364 e. The van der Waals surface area contributed by atoms with Crippen molar-refractivity contribution in [2.24, 2.45) is 0 Å². The Hall–Kier alpha value is -2.46. The number of thioether (sulfide) groups is 1. The van der Waals surface area contributed by atoms with Crippen molar-refractivity contribution < 1.29 is 14.3 Å².